The molecule has 0 saturated carbocycles. The maximum absolute atomic E-state index is 10.9. The number of carboxylic acid groups (broad SMARTS) is 1. The van der Waals surface area contributed by atoms with Gasteiger partial charge in [-0.05, 0) is 23.1 Å². The standard InChI is InChI=1S/C23H27N5O3/c1-15(17-5-3-4-16(6-17)7-22(29)30)9-24-12-20-13-25-21-8-18(10-26-23(21)31-20)19-11-27-28(2)14-19/h3-6,8,10-11,14-15,20,24-25H,7,9,12-13H2,1-2H3,(H,29,30). The molecule has 162 valence electrons. The van der Waals surface area contributed by atoms with E-state index in [0.717, 1.165) is 34.5 Å². The lowest BCUT2D eigenvalue weighted by atomic mass is 9.98. The van der Waals surface area contributed by atoms with E-state index in [0.29, 0.717) is 19.0 Å². The van der Waals surface area contributed by atoms with Crippen LogP contribution in [0.5, 0.6) is 5.88 Å². The fourth-order valence-corrected chi connectivity index (χ4v) is 3.70. The monoisotopic (exact) mass is 421 g/mol. The smallest absolute Gasteiger partial charge is 0.307 e. The molecular weight excluding hydrogens is 394 g/mol. The highest BCUT2D eigenvalue weighted by molar-refractivity contribution is 5.70. The molecule has 3 aromatic rings. The number of hydrogen-bond donors (Lipinski definition) is 3. The second-order valence-electron chi connectivity index (χ2n) is 7.97. The van der Waals surface area contributed by atoms with Crippen molar-refractivity contribution >= 4 is 11.7 Å². The first kappa shape index (κ1) is 20.9. The molecule has 0 aliphatic carbocycles. The van der Waals surface area contributed by atoms with Gasteiger partial charge in [-0.3, -0.25) is 9.48 Å². The molecule has 0 radical (unpaired) electrons. The first-order valence-corrected chi connectivity index (χ1v) is 10.4. The molecule has 3 heterocycles. The number of hydrogen-bond acceptors (Lipinski definition) is 6. The molecule has 8 nitrogen and oxygen atoms in total. The van der Waals surface area contributed by atoms with Gasteiger partial charge in [0.05, 0.1) is 24.8 Å². The lowest BCUT2D eigenvalue weighted by Crippen LogP contribution is -2.40. The van der Waals surface area contributed by atoms with E-state index in [1.54, 1.807) is 10.9 Å². The fourth-order valence-electron chi connectivity index (χ4n) is 3.70. The number of pyridine rings is 1. The zero-order valence-corrected chi connectivity index (χ0v) is 17.7. The van der Waals surface area contributed by atoms with Crippen LogP contribution in [-0.2, 0) is 18.3 Å². The molecule has 1 aliphatic heterocycles. The maximum Gasteiger partial charge on any atom is 0.307 e. The van der Waals surface area contributed by atoms with Crippen LogP contribution in [0.1, 0.15) is 24.0 Å². The van der Waals surface area contributed by atoms with Gasteiger partial charge in [0.15, 0.2) is 0 Å². The lowest BCUT2D eigenvalue weighted by molar-refractivity contribution is -0.136. The first-order chi connectivity index (χ1) is 15.0. The van der Waals surface area contributed by atoms with E-state index in [-0.39, 0.29) is 18.4 Å². The molecule has 2 atom stereocenters. The number of rotatable bonds is 8. The van der Waals surface area contributed by atoms with Crippen LogP contribution in [0.2, 0.25) is 0 Å². The number of ether oxygens (including phenoxy) is 1. The van der Waals surface area contributed by atoms with E-state index < -0.39 is 5.97 Å². The molecule has 0 bridgehead atoms. The molecule has 1 aromatic carbocycles. The number of aromatic nitrogens is 3. The molecule has 0 saturated heterocycles. The van der Waals surface area contributed by atoms with Crippen molar-refractivity contribution in [3.05, 3.63) is 60.0 Å². The number of anilines is 1. The fraction of sp³-hybridized carbons (Fsp3) is 0.348. The average Bonchev–Trinajstić information content (AvgIpc) is 3.19. The van der Waals surface area contributed by atoms with Crippen molar-refractivity contribution in [1.29, 1.82) is 0 Å². The molecule has 2 unspecified atom stereocenters. The summed E-state index contributed by atoms with van der Waals surface area (Å²) in [5.41, 5.74) is 4.86. The highest BCUT2D eigenvalue weighted by Crippen LogP contribution is 2.31. The van der Waals surface area contributed by atoms with Gasteiger partial charge in [0, 0.05) is 43.7 Å². The third-order valence-corrected chi connectivity index (χ3v) is 5.39. The summed E-state index contributed by atoms with van der Waals surface area (Å²) >= 11 is 0. The maximum atomic E-state index is 10.9. The van der Waals surface area contributed by atoms with Gasteiger partial charge in [-0.25, -0.2) is 4.98 Å². The predicted octanol–water partition coefficient (Wildman–Crippen LogP) is 2.68. The Morgan fingerprint density at radius 1 is 1.35 bits per heavy atom. The zero-order chi connectivity index (χ0) is 21.8. The van der Waals surface area contributed by atoms with Crippen molar-refractivity contribution < 1.29 is 14.6 Å². The van der Waals surface area contributed by atoms with E-state index in [1.807, 2.05) is 49.8 Å². The average molecular weight is 422 g/mol. The van der Waals surface area contributed by atoms with Gasteiger partial charge in [0.1, 0.15) is 6.10 Å². The van der Waals surface area contributed by atoms with E-state index in [1.165, 1.54) is 0 Å². The second kappa shape index (κ2) is 9.18. The summed E-state index contributed by atoms with van der Waals surface area (Å²) in [5, 5.41) is 20.1. The summed E-state index contributed by atoms with van der Waals surface area (Å²) in [6.07, 6.45) is 5.61. The third kappa shape index (κ3) is 5.21. The minimum Gasteiger partial charge on any atom is -0.481 e. The number of carbonyl (C=O) groups is 1. The number of carboxylic acids is 1. The number of aliphatic carboxylic acids is 1. The minimum atomic E-state index is -0.814. The van der Waals surface area contributed by atoms with E-state index in [9.17, 15) is 4.79 Å². The Bertz CT molecular complexity index is 1060. The largest absolute Gasteiger partial charge is 0.481 e. The van der Waals surface area contributed by atoms with Crippen LogP contribution in [0, 0.1) is 0 Å². The van der Waals surface area contributed by atoms with Crippen LogP contribution in [0.15, 0.2) is 48.9 Å². The second-order valence-corrected chi connectivity index (χ2v) is 7.97. The molecule has 4 rings (SSSR count). The van der Waals surface area contributed by atoms with Gasteiger partial charge in [-0.1, -0.05) is 31.2 Å². The molecule has 0 amide bonds. The Balaban J connectivity index is 1.29. The van der Waals surface area contributed by atoms with Gasteiger partial charge in [0.2, 0.25) is 5.88 Å². The van der Waals surface area contributed by atoms with Crippen molar-refractivity contribution in [2.24, 2.45) is 7.05 Å². The highest BCUT2D eigenvalue weighted by Gasteiger charge is 2.21. The first-order valence-electron chi connectivity index (χ1n) is 10.4. The molecule has 3 N–H and O–H groups in total. The van der Waals surface area contributed by atoms with Gasteiger partial charge in [-0.15, -0.1) is 0 Å². The van der Waals surface area contributed by atoms with Crippen molar-refractivity contribution in [2.75, 3.05) is 25.0 Å². The Morgan fingerprint density at radius 2 is 2.23 bits per heavy atom. The number of fused-ring (bicyclic) bond motifs is 1. The van der Waals surface area contributed by atoms with E-state index in [4.69, 9.17) is 9.84 Å². The van der Waals surface area contributed by atoms with Crippen LogP contribution in [0.4, 0.5) is 5.69 Å². The number of benzene rings is 1. The molecule has 8 heteroatoms. The van der Waals surface area contributed by atoms with Crippen molar-refractivity contribution in [3.63, 3.8) is 0 Å². The van der Waals surface area contributed by atoms with Gasteiger partial charge >= 0.3 is 5.97 Å². The normalized spacial score (nSPS) is 16.1. The number of aryl methyl sites for hydroxylation is 1. The zero-order valence-electron chi connectivity index (χ0n) is 17.7. The van der Waals surface area contributed by atoms with Gasteiger partial charge < -0.3 is 20.5 Å². The Morgan fingerprint density at radius 3 is 3.00 bits per heavy atom. The summed E-state index contributed by atoms with van der Waals surface area (Å²) in [5.74, 6) is 0.0594. The Labute approximate surface area is 181 Å². The summed E-state index contributed by atoms with van der Waals surface area (Å²) in [6, 6.07) is 9.81. The molecular formula is C23H27N5O3. The van der Waals surface area contributed by atoms with Crippen LogP contribution in [-0.4, -0.2) is 51.6 Å². The summed E-state index contributed by atoms with van der Waals surface area (Å²) in [7, 11) is 1.89. The Hall–Kier alpha value is -3.39. The van der Waals surface area contributed by atoms with Gasteiger partial charge in [0.25, 0.3) is 0 Å². The molecule has 1 aliphatic rings. The number of nitrogens with zero attached hydrogens (tertiary/aromatic N) is 3. The van der Waals surface area contributed by atoms with Crippen LogP contribution in [0.3, 0.4) is 0 Å². The van der Waals surface area contributed by atoms with E-state index in [2.05, 4.69) is 27.6 Å². The van der Waals surface area contributed by atoms with Crippen molar-refractivity contribution in [3.8, 4) is 17.0 Å². The molecule has 0 spiro atoms. The summed E-state index contributed by atoms with van der Waals surface area (Å²) < 4.78 is 7.82. The number of nitrogens with one attached hydrogen (secondary N) is 2. The quantitative estimate of drug-likeness (QED) is 0.514. The lowest BCUT2D eigenvalue weighted by Gasteiger charge is -2.27. The highest BCUT2D eigenvalue weighted by atomic mass is 16.5. The molecule has 0 fully saturated rings. The van der Waals surface area contributed by atoms with Crippen LogP contribution >= 0.6 is 0 Å². The van der Waals surface area contributed by atoms with E-state index >= 15 is 0 Å². The topological polar surface area (TPSA) is 101 Å². The van der Waals surface area contributed by atoms with Crippen molar-refractivity contribution in [1.82, 2.24) is 20.1 Å². The summed E-state index contributed by atoms with van der Waals surface area (Å²) in [6.45, 7) is 4.29. The Kier molecular flexibility index (Phi) is 6.18. The van der Waals surface area contributed by atoms with Crippen LogP contribution < -0.4 is 15.4 Å². The van der Waals surface area contributed by atoms with Gasteiger partial charge in [-0.2, -0.15) is 5.10 Å². The molecule has 2 aromatic heterocycles. The van der Waals surface area contributed by atoms with Crippen molar-refractivity contribution in [2.45, 2.75) is 25.4 Å². The molecule has 31 heavy (non-hydrogen) atoms. The van der Waals surface area contributed by atoms with Crippen LogP contribution in [0.25, 0.3) is 11.1 Å². The minimum absolute atomic E-state index is 0.0187. The third-order valence-electron chi connectivity index (χ3n) is 5.39. The predicted molar refractivity (Wildman–Crippen MR) is 118 cm³/mol. The summed E-state index contributed by atoms with van der Waals surface area (Å²) in [4.78, 5) is 15.4. The SMILES string of the molecule is CC(CNCC1CNc2cc(-c3cnn(C)c3)cnc2O1)c1cccc(CC(=O)O)c1.